The summed E-state index contributed by atoms with van der Waals surface area (Å²) in [5.74, 6) is 0.717. The summed E-state index contributed by atoms with van der Waals surface area (Å²) in [7, 11) is 0. The predicted octanol–water partition coefficient (Wildman–Crippen LogP) is 7.11. The molecule has 5 heteroatoms. The maximum absolute atomic E-state index is 12.1. The third-order valence-corrected chi connectivity index (χ3v) is 5.81. The van der Waals surface area contributed by atoms with Gasteiger partial charge in [0.15, 0.2) is 0 Å². The molecule has 0 spiro atoms. The molecule has 33 heavy (non-hydrogen) atoms. The number of carbonyl (C=O) groups is 1. The van der Waals surface area contributed by atoms with Crippen molar-refractivity contribution in [3.05, 3.63) is 24.3 Å². The molecule has 190 valence electrons. The Balaban J connectivity index is 1.91. The van der Waals surface area contributed by atoms with Gasteiger partial charge in [-0.05, 0) is 32.0 Å². The van der Waals surface area contributed by atoms with Gasteiger partial charge >= 0.3 is 0 Å². The molecule has 0 fully saturated rings. The van der Waals surface area contributed by atoms with E-state index in [-0.39, 0.29) is 5.91 Å². The van der Waals surface area contributed by atoms with Gasteiger partial charge in [0.25, 0.3) is 0 Å². The molecule has 0 atom stereocenters. The Morgan fingerprint density at radius 2 is 1.39 bits per heavy atom. The van der Waals surface area contributed by atoms with Crippen molar-refractivity contribution >= 4 is 11.6 Å². The standard InChI is InChI=1S/C28H50N2O3/c1-3-5-6-7-8-9-10-11-12-13-14-15-16-17-21-29-25-28(31)30-26-19-18-20-27(24-26)33-23-22-32-4-2/h18-20,24,29H,3-17,21-23,25H2,1-2H3,(H,30,31). The van der Waals surface area contributed by atoms with Gasteiger partial charge in [0.05, 0.1) is 13.2 Å². The summed E-state index contributed by atoms with van der Waals surface area (Å²) >= 11 is 0. The van der Waals surface area contributed by atoms with Gasteiger partial charge in [0.2, 0.25) is 5.91 Å². The number of ether oxygens (including phenoxy) is 2. The molecule has 0 aliphatic heterocycles. The van der Waals surface area contributed by atoms with Crippen molar-refractivity contribution in [2.45, 2.75) is 104 Å². The van der Waals surface area contributed by atoms with E-state index in [1.807, 2.05) is 31.2 Å². The lowest BCUT2D eigenvalue weighted by Crippen LogP contribution is -2.28. The number of unbranched alkanes of at least 4 members (excludes halogenated alkanes) is 13. The molecule has 0 saturated carbocycles. The molecule has 1 aromatic rings. The first-order chi connectivity index (χ1) is 16.3. The second-order valence-electron chi connectivity index (χ2n) is 8.89. The van der Waals surface area contributed by atoms with Crippen LogP contribution in [0.3, 0.4) is 0 Å². The molecule has 1 amide bonds. The van der Waals surface area contributed by atoms with Crippen LogP contribution in [0.1, 0.15) is 104 Å². The van der Waals surface area contributed by atoms with Crippen LogP contribution in [0.15, 0.2) is 24.3 Å². The Labute approximate surface area is 203 Å². The summed E-state index contributed by atoms with van der Waals surface area (Å²) in [6, 6.07) is 7.49. The van der Waals surface area contributed by atoms with Crippen LogP contribution in [0.25, 0.3) is 0 Å². The number of amides is 1. The molecule has 1 rings (SSSR count). The molecular formula is C28H50N2O3. The molecule has 0 heterocycles. The van der Waals surface area contributed by atoms with Crippen LogP contribution in [0.2, 0.25) is 0 Å². The summed E-state index contributed by atoms with van der Waals surface area (Å²) in [5, 5.41) is 6.18. The minimum atomic E-state index is -0.0215. The van der Waals surface area contributed by atoms with Crippen molar-refractivity contribution in [1.29, 1.82) is 0 Å². The summed E-state index contributed by atoms with van der Waals surface area (Å²) in [5.41, 5.74) is 0.757. The quantitative estimate of drug-likeness (QED) is 0.170. The van der Waals surface area contributed by atoms with Crippen LogP contribution >= 0.6 is 0 Å². The first-order valence-corrected chi connectivity index (χ1v) is 13.6. The van der Waals surface area contributed by atoms with Gasteiger partial charge in [-0.3, -0.25) is 4.79 Å². The molecular weight excluding hydrogens is 412 g/mol. The smallest absolute Gasteiger partial charge is 0.238 e. The zero-order valence-corrected chi connectivity index (χ0v) is 21.5. The Hall–Kier alpha value is -1.59. The first kappa shape index (κ1) is 29.4. The fourth-order valence-corrected chi connectivity index (χ4v) is 3.88. The zero-order valence-electron chi connectivity index (χ0n) is 21.5. The van der Waals surface area contributed by atoms with Crippen LogP contribution in [0.5, 0.6) is 5.75 Å². The van der Waals surface area contributed by atoms with E-state index in [2.05, 4.69) is 17.6 Å². The van der Waals surface area contributed by atoms with E-state index in [0.29, 0.717) is 26.4 Å². The van der Waals surface area contributed by atoms with E-state index in [1.54, 1.807) is 0 Å². The summed E-state index contributed by atoms with van der Waals surface area (Å²) in [4.78, 5) is 12.1. The molecule has 0 aromatic heterocycles. The first-order valence-electron chi connectivity index (χ1n) is 13.6. The van der Waals surface area contributed by atoms with Crippen LogP contribution in [-0.2, 0) is 9.53 Å². The molecule has 1 aromatic carbocycles. The molecule has 5 nitrogen and oxygen atoms in total. The van der Waals surface area contributed by atoms with Gasteiger partial charge < -0.3 is 20.1 Å². The Bertz CT molecular complexity index is 580. The van der Waals surface area contributed by atoms with Crippen molar-refractivity contribution in [2.24, 2.45) is 0 Å². The normalized spacial score (nSPS) is 11.0. The highest BCUT2D eigenvalue weighted by Gasteiger charge is 2.03. The molecule has 0 saturated heterocycles. The van der Waals surface area contributed by atoms with E-state index in [4.69, 9.17) is 9.47 Å². The molecule has 0 radical (unpaired) electrons. The fourth-order valence-electron chi connectivity index (χ4n) is 3.88. The second kappa shape index (κ2) is 22.2. The number of nitrogens with one attached hydrogen (secondary N) is 2. The SMILES string of the molecule is CCCCCCCCCCCCCCCCNCC(=O)Nc1cccc(OCCOCC)c1. The summed E-state index contributed by atoms with van der Waals surface area (Å²) < 4.78 is 10.9. The van der Waals surface area contributed by atoms with Crippen LogP contribution < -0.4 is 15.4 Å². The summed E-state index contributed by atoms with van der Waals surface area (Å²) in [6.07, 6.45) is 19.1. The van der Waals surface area contributed by atoms with Gasteiger partial charge in [0.1, 0.15) is 12.4 Å². The molecule has 0 bridgehead atoms. The third-order valence-electron chi connectivity index (χ3n) is 5.81. The number of hydrogen-bond acceptors (Lipinski definition) is 4. The molecule has 0 unspecified atom stereocenters. The van der Waals surface area contributed by atoms with E-state index >= 15 is 0 Å². The lowest BCUT2D eigenvalue weighted by Gasteiger charge is -2.10. The van der Waals surface area contributed by atoms with Gasteiger partial charge in [-0.1, -0.05) is 96.5 Å². The minimum absolute atomic E-state index is 0.0215. The number of rotatable bonds is 23. The van der Waals surface area contributed by atoms with Crippen molar-refractivity contribution < 1.29 is 14.3 Å². The number of hydrogen-bond donors (Lipinski definition) is 2. The lowest BCUT2D eigenvalue weighted by atomic mass is 10.0. The Morgan fingerprint density at radius 1 is 0.788 bits per heavy atom. The van der Waals surface area contributed by atoms with Crippen molar-refractivity contribution in [3.63, 3.8) is 0 Å². The van der Waals surface area contributed by atoms with Crippen molar-refractivity contribution in [3.8, 4) is 5.75 Å². The van der Waals surface area contributed by atoms with Gasteiger partial charge in [0, 0.05) is 18.4 Å². The fraction of sp³-hybridized carbons (Fsp3) is 0.750. The predicted molar refractivity (Wildman–Crippen MR) is 140 cm³/mol. The van der Waals surface area contributed by atoms with E-state index in [0.717, 1.165) is 24.4 Å². The van der Waals surface area contributed by atoms with Crippen LogP contribution in [0.4, 0.5) is 5.69 Å². The summed E-state index contributed by atoms with van der Waals surface area (Å²) in [6.45, 7) is 7.23. The maximum Gasteiger partial charge on any atom is 0.238 e. The van der Waals surface area contributed by atoms with E-state index in [9.17, 15) is 4.79 Å². The van der Waals surface area contributed by atoms with Crippen LogP contribution in [0, 0.1) is 0 Å². The molecule has 0 aliphatic rings. The topological polar surface area (TPSA) is 59.6 Å². The monoisotopic (exact) mass is 462 g/mol. The highest BCUT2D eigenvalue weighted by Crippen LogP contribution is 2.17. The highest BCUT2D eigenvalue weighted by molar-refractivity contribution is 5.92. The van der Waals surface area contributed by atoms with E-state index in [1.165, 1.54) is 83.5 Å². The molecule has 2 N–H and O–H groups in total. The highest BCUT2D eigenvalue weighted by atomic mass is 16.5. The van der Waals surface area contributed by atoms with Crippen LogP contribution in [-0.4, -0.2) is 38.8 Å². The van der Waals surface area contributed by atoms with Crippen molar-refractivity contribution in [1.82, 2.24) is 5.32 Å². The van der Waals surface area contributed by atoms with Crippen molar-refractivity contribution in [2.75, 3.05) is 38.2 Å². The average Bonchev–Trinajstić information content (AvgIpc) is 2.82. The number of carbonyl (C=O) groups excluding carboxylic acids is 1. The Kier molecular flexibility index (Phi) is 19.8. The number of anilines is 1. The zero-order chi connectivity index (χ0) is 23.8. The second-order valence-corrected chi connectivity index (χ2v) is 8.89. The van der Waals surface area contributed by atoms with Gasteiger partial charge in [-0.25, -0.2) is 0 Å². The Morgan fingerprint density at radius 3 is 2.00 bits per heavy atom. The third kappa shape index (κ3) is 18.5. The van der Waals surface area contributed by atoms with E-state index < -0.39 is 0 Å². The van der Waals surface area contributed by atoms with Gasteiger partial charge in [-0.2, -0.15) is 0 Å². The largest absolute Gasteiger partial charge is 0.491 e. The number of benzene rings is 1. The molecule has 0 aliphatic carbocycles. The lowest BCUT2D eigenvalue weighted by molar-refractivity contribution is -0.115. The average molecular weight is 463 g/mol. The minimum Gasteiger partial charge on any atom is -0.491 e. The van der Waals surface area contributed by atoms with Gasteiger partial charge in [-0.15, -0.1) is 0 Å². The maximum atomic E-state index is 12.1.